The van der Waals surface area contributed by atoms with Gasteiger partial charge in [-0.15, -0.1) is 0 Å². The van der Waals surface area contributed by atoms with E-state index < -0.39 is 0 Å². The van der Waals surface area contributed by atoms with Gasteiger partial charge in [0.2, 0.25) is 0 Å². The standard InChI is InChI=1S/ClH.Cs.7H2O/h1H;;7*1H2/q;+1;;;;;;;/p-1. The van der Waals surface area contributed by atoms with E-state index in [0.717, 1.165) is 0 Å². The van der Waals surface area contributed by atoms with E-state index in [1.54, 1.807) is 0 Å². The second-order valence-corrected chi connectivity index (χ2v) is 0. The quantitative estimate of drug-likeness (QED) is 0.406. The first-order valence-electron chi connectivity index (χ1n) is 0. The van der Waals surface area contributed by atoms with E-state index in [1.807, 2.05) is 0 Å². The predicted octanol–water partition coefficient (Wildman–Crippen LogP) is -11.8. The molecule has 0 fully saturated rings. The number of rotatable bonds is 0. The average molecular weight is 294 g/mol. The Hall–Kier alpha value is 2.06. The van der Waals surface area contributed by atoms with Crippen LogP contribution in [0.2, 0.25) is 0 Å². The fourth-order valence-electron chi connectivity index (χ4n) is 0. The summed E-state index contributed by atoms with van der Waals surface area (Å²) >= 11 is 0. The summed E-state index contributed by atoms with van der Waals surface area (Å²) in [5, 5.41) is 0. The van der Waals surface area contributed by atoms with E-state index in [4.69, 9.17) is 0 Å². The van der Waals surface area contributed by atoms with Crippen LogP contribution in [0, 0.1) is 0 Å². The zero-order valence-corrected chi connectivity index (χ0v) is 11.9. The molecule has 64 valence electrons. The van der Waals surface area contributed by atoms with Crippen molar-refractivity contribution in [2.45, 2.75) is 0 Å². The predicted molar refractivity (Wildman–Crippen MR) is 25.3 cm³/mol. The zero-order chi connectivity index (χ0) is 0. The fraction of sp³-hybridized carbons (Fsp3) is 0. The molecule has 0 atom stereocenters. The average Bonchev–Trinajstić information content (AvgIpc) is 0. The summed E-state index contributed by atoms with van der Waals surface area (Å²) < 4.78 is 0. The summed E-state index contributed by atoms with van der Waals surface area (Å²) in [4.78, 5) is 0. The maximum Gasteiger partial charge on any atom is 1.00 e. The van der Waals surface area contributed by atoms with Crippen molar-refractivity contribution >= 4 is 0 Å². The number of halogens is 1. The van der Waals surface area contributed by atoms with E-state index in [0.29, 0.717) is 0 Å². The molecule has 9 heavy (non-hydrogen) atoms. The molecule has 0 saturated heterocycles. The molecule has 0 amide bonds. The Kier molecular flexibility index (Phi) is 5690. The topological polar surface area (TPSA) is 220 Å². The van der Waals surface area contributed by atoms with E-state index in [9.17, 15) is 0 Å². The third kappa shape index (κ3) is 154. The summed E-state index contributed by atoms with van der Waals surface area (Å²) in [6, 6.07) is 0. The van der Waals surface area contributed by atoms with Crippen molar-refractivity contribution in [1.82, 2.24) is 0 Å². The molecule has 0 unspecified atom stereocenters. The van der Waals surface area contributed by atoms with Crippen LogP contribution in [0.3, 0.4) is 0 Å². The van der Waals surface area contributed by atoms with Crippen LogP contribution in [0.5, 0.6) is 0 Å². The fourth-order valence-corrected chi connectivity index (χ4v) is 0. The van der Waals surface area contributed by atoms with Crippen LogP contribution in [0.4, 0.5) is 0 Å². The molecular weight excluding hydrogens is 280 g/mol. The van der Waals surface area contributed by atoms with E-state index in [1.165, 1.54) is 0 Å². The first-order chi connectivity index (χ1) is 0. The maximum atomic E-state index is 0. The Balaban J connectivity index is 0. The molecule has 0 bridgehead atoms. The number of hydrogen-bond donors (Lipinski definition) is 0. The Morgan fingerprint density at radius 1 is 0.333 bits per heavy atom. The molecule has 0 aliphatic heterocycles. The minimum Gasteiger partial charge on any atom is -1.00 e. The van der Waals surface area contributed by atoms with Crippen molar-refractivity contribution in [2.75, 3.05) is 0 Å². The minimum atomic E-state index is 0. The van der Waals surface area contributed by atoms with Gasteiger partial charge >= 0.3 is 68.9 Å². The largest absolute Gasteiger partial charge is 1.00 e. The third-order valence-corrected chi connectivity index (χ3v) is 0. The van der Waals surface area contributed by atoms with E-state index in [-0.39, 0.29) is 120 Å². The van der Waals surface area contributed by atoms with Gasteiger partial charge in [0.15, 0.2) is 0 Å². The third-order valence-electron chi connectivity index (χ3n) is 0. The van der Waals surface area contributed by atoms with E-state index >= 15 is 0 Å². The SMILES string of the molecule is O.O.O.O.O.O.O.[Cl-].[Cs+]. The molecule has 7 nitrogen and oxygen atoms in total. The van der Waals surface area contributed by atoms with Crippen molar-refractivity contribution < 1.29 is 120 Å². The van der Waals surface area contributed by atoms with Gasteiger partial charge in [0.1, 0.15) is 0 Å². The number of hydrogen-bond acceptors (Lipinski definition) is 0. The van der Waals surface area contributed by atoms with Crippen LogP contribution in [0.15, 0.2) is 0 Å². The molecule has 0 aliphatic carbocycles. The van der Waals surface area contributed by atoms with Crippen LogP contribution in [0.1, 0.15) is 0 Å². The molecule has 0 aromatic rings. The summed E-state index contributed by atoms with van der Waals surface area (Å²) in [5.74, 6) is 0. The van der Waals surface area contributed by atoms with Crippen LogP contribution in [0.25, 0.3) is 0 Å². The minimum absolute atomic E-state index is 0. The summed E-state index contributed by atoms with van der Waals surface area (Å²) in [6.45, 7) is 0. The van der Waals surface area contributed by atoms with Gasteiger partial charge in [-0.1, -0.05) is 0 Å². The van der Waals surface area contributed by atoms with Gasteiger partial charge in [0.25, 0.3) is 0 Å². The first-order valence-corrected chi connectivity index (χ1v) is 0. The monoisotopic (exact) mass is 294 g/mol. The van der Waals surface area contributed by atoms with Crippen molar-refractivity contribution in [3.63, 3.8) is 0 Å². The second-order valence-electron chi connectivity index (χ2n) is 0. The first kappa shape index (κ1) is 263. The van der Waals surface area contributed by atoms with Crippen LogP contribution in [-0.4, -0.2) is 38.3 Å². The zero-order valence-electron chi connectivity index (χ0n) is 4.88. The normalized spacial score (nSPS) is 0. The van der Waals surface area contributed by atoms with Crippen molar-refractivity contribution in [3.8, 4) is 0 Å². The summed E-state index contributed by atoms with van der Waals surface area (Å²) in [7, 11) is 0. The van der Waals surface area contributed by atoms with Gasteiger partial charge in [-0.2, -0.15) is 0 Å². The van der Waals surface area contributed by atoms with Gasteiger partial charge in [0.05, 0.1) is 0 Å². The second kappa shape index (κ2) is 194. The Morgan fingerprint density at radius 3 is 0.333 bits per heavy atom. The van der Waals surface area contributed by atoms with Gasteiger partial charge in [-0.25, -0.2) is 0 Å². The summed E-state index contributed by atoms with van der Waals surface area (Å²) in [5.41, 5.74) is 0. The molecule has 0 rings (SSSR count). The molecule has 0 aromatic heterocycles. The molecule has 0 aliphatic rings. The Bertz CT molecular complexity index is 8.88. The van der Waals surface area contributed by atoms with Gasteiger partial charge < -0.3 is 50.7 Å². The molecule has 0 spiro atoms. The van der Waals surface area contributed by atoms with Crippen molar-refractivity contribution in [3.05, 3.63) is 0 Å². The van der Waals surface area contributed by atoms with Crippen LogP contribution >= 0.6 is 0 Å². The summed E-state index contributed by atoms with van der Waals surface area (Å²) in [6.07, 6.45) is 0. The van der Waals surface area contributed by atoms with Crippen molar-refractivity contribution in [2.24, 2.45) is 0 Å². The smallest absolute Gasteiger partial charge is 1.00 e. The molecule has 0 heterocycles. The van der Waals surface area contributed by atoms with Gasteiger partial charge in [0, 0.05) is 0 Å². The molecule has 0 saturated carbocycles. The molecular formula is H14ClCsO7. The van der Waals surface area contributed by atoms with Gasteiger partial charge in [-0.3, -0.25) is 0 Å². The molecule has 0 radical (unpaired) electrons. The molecule has 9 heteroatoms. The van der Waals surface area contributed by atoms with Gasteiger partial charge in [-0.05, 0) is 0 Å². The Morgan fingerprint density at radius 2 is 0.333 bits per heavy atom. The Labute approximate surface area is 117 Å². The molecule has 14 N–H and O–H groups in total. The maximum absolute atomic E-state index is 0. The van der Waals surface area contributed by atoms with Crippen molar-refractivity contribution in [1.29, 1.82) is 0 Å². The van der Waals surface area contributed by atoms with E-state index in [2.05, 4.69) is 0 Å². The van der Waals surface area contributed by atoms with Crippen LogP contribution in [-0.2, 0) is 0 Å². The molecule has 0 aromatic carbocycles. The van der Waals surface area contributed by atoms with Crippen LogP contribution < -0.4 is 81.3 Å².